The second kappa shape index (κ2) is 6.93. The van der Waals surface area contributed by atoms with Gasteiger partial charge in [0.1, 0.15) is 18.0 Å². The molecule has 0 atom stereocenters. The van der Waals surface area contributed by atoms with Gasteiger partial charge in [0.15, 0.2) is 5.69 Å². The molecule has 1 N–H and O–H groups in total. The number of nitrogens with zero attached hydrogens (tertiary/aromatic N) is 6. The maximum Gasteiger partial charge on any atom is 0.337 e. The van der Waals surface area contributed by atoms with Crippen molar-refractivity contribution in [2.45, 2.75) is 0 Å². The Morgan fingerprint density at radius 3 is 2.62 bits per heavy atom. The van der Waals surface area contributed by atoms with Crippen LogP contribution in [0.1, 0.15) is 10.5 Å². The van der Waals surface area contributed by atoms with Crippen molar-refractivity contribution in [3.8, 4) is 0 Å². The summed E-state index contributed by atoms with van der Waals surface area (Å²) in [5.74, 6) is 0.964. The van der Waals surface area contributed by atoms with Gasteiger partial charge in [0.05, 0.1) is 11.0 Å². The summed E-state index contributed by atoms with van der Waals surface area (Å²) < 4.78 is 0. The van der Waals surface area contributed by atoms with Crippen molar-refractivity contribution in [2.75, 3.05) is 36.0 Å². The monoisotopic (exact) mass is 387 g/mol. The number of carbonyl (C=O) groups excluding carboxylic acids is 1. The van der Waals surface area contributed by atoms with Gasteiger partial charge in [-0.25, -0.2) is 15.0 Å². The van der Waals surface area contributed by atoms with E-state index in [1.807, 2.05) is 30.3 Å². The zero-order chi connectivity index (χ0) is 19.8. The van der Waals surface area contributed by atoms with Crippen LogP contribution < -0.4 is 9.80 Å². The number of nitroso groups, excluding NO2 is 1. The van der Waals surface area contributed by atoms with Crippen molar-refractivity contribution in [3.63, 3.8) is 0 Å². The number of para-hydroxylation sites is 1. The Morgan fingerprint density at radius 1 is 1.00 bits per heavy atom. The second-order valence-electron chi connectivity index (χ2n) is 6.86. The molecule has 9 heteroatoms. The lowest BCUT2D eigenvalue weighted by atomic mass is 10.2. The van der Waals surface area contributed by atoms with Crippen molar-refractivity contribution in [3.05, 3.63) is 59.5 Å². The number of aromatic nitrogens is 4. The van der Waals surface area contributed by atoms with Crippen LogP contribution in [0.4, 0.5) is 11.6 Å². The van der Waals surface area contributed by atoms with E-state index < -0.39 is 5.91 Å². The molecule has 0 saturated carbocycles. The summed E-state index contributed by atoms with van der Waals surface area (Å²) in [6.45, 7) is 3.17. The lowest BCUT2D eigenvalue weighted by molar-refractivity contribution is 0.0997. The molecule has 0 bridgehead atoms. The van der Waals surface area contributed by atoms with Crippen LogP contribution in [0.2, 0.25) is 0 Å². The maximum absolute atomic E-state index is 11.7. The Balaban J connectivity index is 1.39. The molecule has 1 amide bonds. The smallest absolute Gasteiger partial charge is 0.337 e. The molecule has 0 radical (unpaired) electrons. The average Bonchev–Trinajstić information content (AvgIpc) is 3.23. The van der Waals surface area contributed by atoms with Crippen LogP contribution in [-0.2, 0) is 0 Å². The molecular formula is C20H17N7O2. The molecule has 0 aliphatic carbocycles. The Morgan fingerprint density at radius 2 is 1.79 bits per heavy atom. The van der Waals surface area contributed by atoms with Crippen LogP contribution in [0, 0.1) is 4.91 Å². The van der Waals surface area contributed by atoms with E-state index in [1.165, 1.54) is 6.20 Å². The van der Waals surface area contributed by atoms with Crippen LogP contribution in [0.15, 0.2) is 54.1 Å². The van der Waals surface area contributed by atoms with Crippen LogP contribution in [0.3, 0.4) is 0 Å². The summed E-state index contributed by atoms with van der Waals surface area (Å²) in [5, 5.41) is 4.37. The summed E-state index contributed by atoms with van der Waals surface area (Å²) in [6, 6.07) is 11.8. The van der Waals surface area contributed by atoms with Gasteiger partial charge in [-0.1, -0.05) is 12.1 Å². The predicted molar refractivity (Wildman–Crippen MR) is 110 cm³/mol. The number of rotatable bonds is 3. The Labute approximate surface area is 165 Å². The fraction of sp³-hybridized carbons (Fsp3) is 0.200. The number of hydrogen-bond donors (Lipinski definition) is 1. The molecule has 4 aromatic rings. The number of anilines is 2. The largest absolute Gasteiger partial charge is 0.355 e. The van der Waals surface area contributed by atoms with E-state index in [4.69, 9.17) is 0 Å². The number of nitrogens with one attached hydrogen (secondary N) is 1. The number of H-pyrrole nitrogens is 1. The first-order chi connectivity index (χ1) is 14.2. The van der Waals surface area contributed by atoms with Gasteiger partial charge in [0, 0.05) is 48.3 Å². The number of hydrogen-bond acceptors (Lipinski definition) is 7. The molecule has 4 heterocycles. The van der Waals surface area contributed by atoms with E-state index in [9.17, 15) is 9.70 Å². The Bertz CT molecular complexity index is 1220. The summed E-state index contributed by atoms with van der Waals surface area (Å²) in [7, 11) is 0. The number of carbonyl (C=O) groups is 1. The lowest BCUT2D eigenvalue weighted by Crippen LogP contribution is -2.47. The Hall–Kier alpha value is -3.88. The number of pyridine rings is 1. The van der Waals surface area contributed by atoms with Crippen molar-refractivity contribution in [1.29, 1.82) is 0 Å². The van der Waals surface area contributed by atoms with Crippen molar-refractivity contribution in [1.82, 2.24) is 19.9 Å². The van der Waals surface area contributed by atoms with Gasteiger partial charge < -0.3 is 14.8 Å². The second-order valence-corrected chi connectivity index (χ2v) is 6.86. The third kappa shape index (κ3) is 2.96. The van der Waals surface area contributed by atoms with E-state index in [-0.39, 0.29) is 5.69 Å². The van der Waals surface area contributed by atoms with E-state index in [0.29, 0.717) is 5.52 Å². The third-order valence-electron chi connectivity index (χ3n) is 5.26. The van der Waals surface area contributed by atoms with Crippen LogP contribution in [-0.4, -0.2) is 52.0 Å². The maximum atomic E-state index is 11.7. The highest BCUT2D eigenvalue weighted by atomic mass is 16.3. The molecule has 1 aromatic carbocycles. The van der Waals surface area contributed by atoms with E-state index in [2.05, 4.69) is 34.9 Å². The summed E-state index contributed by atoms with van der Waals surface area (Å²) in [4.78, 5) is 42.9. The molecule has 144 valence electrons. The number of amides is 1. The summed E-state index contributed by atoms with van der Waals surface area (Å²) in [6.07, 6.45) is 3.12. The number of fused-ring (bicyclic) bond motifs is 2. The molecule has 3 aromatic heterocycles. The molecule has 9 nitrogen and oxygen atoms in total. The van der Waals surface area contributed by atoms with Crippen LogP contribution >= 0.6 is 0 Å². The zero-order valence-corrected chi connectivity index (χ0v) is 15.4. The van der Waals surface area contributed by atoms with Gasteiger partial charge in [-0.3, -0.25) is 4.79 Å². The zero-order valence-electron chi connectivity index (χ0n) is 15.4. The van der Waals surface area contributed by atoms with Gasteiger partial charge in [-0.2, -0.15) is 0 Å². The van der Waals surface area contributed by atoms with E-state index in [0.717, 1.165) is 54.1 Å². The minimum Gasteiger partial charge on any atom is -0.355 e. The number of benzene rings is 1. The van der Waals surface area contributed by atoms with Gasteiger partial charge in [0.2, 0.25) is 0 Å². The molecule has 1 aliphatic heterocycles. The third-order valence-corrected chi connectivity index (χ3v) is 5.26. The highest BCUT2D eigenvalue weighted by Gasteiger charge is 2.22. The lowest BCUT2D eigenvalue weighted by Gasteiger charge is -2.36. The fourth-order valence-electron chi connectivity index (χ4n) is 3.82. The standard InChI is InChI=1S/C20H17N7O2/c28-20(25-29)18-17-13(5-6-21-18)11-16(24-17)26-7-9-27(10-8-26)19-14-3-1-2-4-15(14)22-12-23-19/h1-6,11-12,24H,7-10H2. The molecule has 1 aliphatic rings. The topological polar surface area (TPSA) is 107 Å². The van der Waals surface area contributed by atoms with Crippen molar-refractivity contribution in [2.24, 2.45) is 5.18 Å². The Kier molecular flexibility index (Phi) is 4.12. The first kappa shape index (κ1) is 17.2. The minimum absolute atomic E-state index is 0.0508. The van der Waals surface area contributed by atoms with Gasteiger partial charge in [-0.15, -0.1) is 4.91 Å². The normalized spacial score (nSPS) is 14.5. The molecule has 1 fully saturated rings. The molecule has 1 saturated heterocycles. The highest BCUT2D eigenvalue weighted by molar-refractivity contribution is 6.05. The van der Waals surface area contributed by atoms with Crippen molar-refractivity contribution >= 4 is 39.3 Å². The number of aromatic amines is 1. The first-order valence-corrected chi connectivity index (χ1v) is 9.29. The van der Waals surface area contributed by atoms with Crippen LogP contribution in [0.25, 0.3) is 21.8 Å². The molecule has 0 spiro atoms. The number of piperazine rings is 1. The SMILES string of the molecule is O=NC(=O)c1nccc2cc(N3CCN(c4ncnc5ccccc45)CC3)[nH]c12. The molecule has 5 rings (SSSR count). The average molecular weight is 387 g/mol. The highest BCUT2D eigenvalue weighted by Crippen LogP contribution is 2.27. The van der Waals surface area contributed by atoms with Crippen LogP contribution in [0.5, 0.6) is 0 Å². The molecule has 29 heavy (non-hydrogen) atoms. The van der Waals surface area contributed by atoms with E-state index in [1.54, 1.807) is 12.4 Å². The molecule has 0 unspecified atom stereocenters. The quantitative estimate of drug-likeness (QED) is 0.539. The van der Waals surface area contributed by atoms with Gasteiger partial charge in [0.25, 0.3) is 0 Å². The fourth-order valence-corrected chi connectivity index (χ4v) is 3.82. The summed E-state index contributed by atoms with van der Waals surface area (Å²) >= 11 is 0. The van der Waals surface area contributed by atoms with Gasteiger partial charge >= 0.3 is 5.91 Å². The van der Waals surface area contributed by atoms with Crippen molar-refractivity contribution < 1.29 is 4.79 Å². The van der Waals surface area contributed by atoms with E-state index >= 15 is 0 Å². The first-order valence-electron chi connectivity index (χ1n) is 9.29. The molecular weight excluding hydrogens is 370 g/mol. The predicted octanol–water partition coefficient (Wildman–Crippen LogP) is 2.74. The van der Waals surface area contributed by atoms with Gasteiger partial charge in [-0.05, 0) is 24.3 Å². The summed E-state index contributed by atoms with van der Waals surface area (Å²) in [5.41, 5.74) is 1.52. The minimum atomic E-state index is -0.871.